The molecule has 3 aromatic carbocycles. The minimum Gasteiger partial charge on any atom is -0.489 e. The molecule has 3 aromatic rings. The molecule has 0 saturated heterocycles. The number of esters is 1. The molecule has 8 heteroatoms. The molecule has 3 unspecified atom stereocenters. The normalized spacial score (nSPS) is 18.5. The van der Waals surface area contributed by atoms with Gasteiger partial charge in [0.25, 0.3) is 0 Å². The monoisotopic (exact) mass is 570 g/mol. The summed E-state index contributed by atoms with van der Waals surface area (Å²) in [4.78, 5) is 38.5. The van der Waals surface area contributed by atoms with Crippen molar-refractivity contribution in [3.63, 3.8) is 0 Å². The van der Waals surface area contributed by atoms with E-state index >= 15 is 0 Å². The van der Waals surface area contributed by atoms with Crippen LogP contribution in [0.15, 0.2) is 97.1 Å². The summed E-state index contributed by atoms with van der Waals surface area (Å²) in [6.45, 7) is 0.243. The summed E-state index contributed by atoms with van der Waals surface area (Å²) in [5.41, 5.74) is 2.83. The van der Waals surface area contributed by atoms with Gasteiger partial charge in [-0.05, 0) is 48.1 Å². The van der Waals surface area contributed by atoms with Crippen LogP contribution >= 0.6 is 0 Å². The number of nitrogens with one attached hydrogen (secondary N) is 2. The van der Waals surface area contributed by atoms with E-state index in [4.69, 9.17) is 9.47 Å². The van der Waals surface area contributed by atoms with Crippen molar-refractivity contribution in [3.05, 3.63) is 114 Å². The van der Waals surface area contributed by atoms with Crippen molar-refractivity contribution in [1.82, 2.24) is 10.6 Å². The average Bonchev–Trinajstić information content (AvgIpc) is 3.01. The Balaban J connectivity index is 1.34. The van der Waals surface area contributed by atoms with Crippen LogP contribution in [0, 0.1) is 5.92 Å². The molecule has 0 bridgehead atoms. The Hall–Kier alpha value is -4.43. The van der Waals surface area contributed by atoms with Gasteiger partial charge < -0.3 is 25.2 Å². The number of amides is 2. The number of benzene rings is 3. The SMILES string of the molecule is O=C(CC1CC=CCCC(=O)OCC(c2ccccc2)NC1=O)NC(CO)Cc1ccc(OCc2ccccc2)cc1. The number of ether oxygens (including phenoxy) is 2. The van der Waals surface area contributed by atoms with Gasteiger partial charge in [-0.25, -0.2) is 0 Å². The van der Waals surface area contributed by atoms with Gasteiger partial charge in [-0.15, -0.1) is 0 Å². The lowest BCUT2D eigenvalue weighted by Crippen LogP contribution is -2.42. The Morgan fingerprint density at radius 2 is 1.67 bits per heavy atom. The molecule has 0 aromatic heterocycles. The highest BCUT2D eigenvalue weighted by molar-refractivity contribution is 5.86. The van der Waals surface area contributed by atoms with Crippen LogP contribution in [-0.4, -0.2) is 42.1 Å². The first-order chi connectivity index (χ1) is 20.5. The second kappa shape index (κ2) is 16.1. The van der Waals surface area contributed by atoms with E-state index in [1.54, 1.807) is 0 Å². The summed E-state index contributed by atoms with van der Waals surface area (Å²) in [6.07, 6.45) is 5.14. The second-order valence-corrected chi connectivity index (χ2v) is 10.4. The molecule has 1 heterocycles. The molecule has 1 aliphatic rings. The average molecular weight is 571 g/mol. The summed E-state index contributed by atoms with van der Waals surface area (Å²) >= 11 is 0. The van der Waals surface area contributed by atoms with E-state index in [1.165, 1.54) is 0 Å². The van der Waals surface area contributed by atoms with Crippen molar-refractivity contribution < 1.29 is 29.0 Å². The summed E-state index contributed by atoms with van der Waals surface area (Å²) < 4.78 is 11.3. The van der Waals surface area contributed by atoms with Gasteiger partial charge in [-0.3, -0.25) is 14.4 Å². The first kappa shape index (κ1) is 30.5. The molecule has 3 N–H and O–H groups in total. The number of hydrogen-bond acceptors (Lipinski definition) is 6. The van der Waals surface area contributed by atoms with Gasteiger partial charge in [0.2, 0.25) is 11.8 Å². The smallest absolute Gasteiger partial charge is 0.306 e. The van der Waals surface area contributed by atoms with Crippen LogP contribution in [0.3, 0.4) is 0 Å². The van der Waals surface area contributed by atoms with Crippen molar-refractivity contribution in [2.24, 2.45) is 5.92 Å². The maximum atomic E-state index is 13.3. The zero-order valence-corrected chi connectivity index (χ0v) is 23.6. The maximum absolute atomic E-state index is 13.3. The second-order valence-electron chi connectivity index (χ2n) is 10.4. The Morgan fingerprint density at radius 3 is 2.38 bits per heavy atom. The van der Waals surface area contributed by atoms with Gasteiger partial charge in [0, 0.05) is 12.8 Å². The fourth-order valence-electron chi connectivity index (χ4n) is 4.73. The highest BCUT2D eigenvalue weighted by atomic mass is 16.5. The topological polar surface area (TPSA) is 114 Å². The van der Waals surface area contributed by atoms with Crippen LogP contribution in [0.1, 0.15) is 48.4 Å². The fourth-order valence-corrected chi connectivity index (χ4v) is 4.73. The predicted molar refractivity (Wildman–Crippen MR) is 159 cm³/mol. The molecule has 3 atom stereocenters. The lowest BCUT2D eigenvalue weighted by atomic mass is 9.97. The third kappa shape index (κ3) is 9.89. The minimum absolute atomic E-state index is 0.0138. The maximum Gasteiger partial charge on any atom is 0.306 e. The van der Waals surface area contributed by atoms with Crippen LogP contribution in [0.2, 0.25) is 0 Å². The van der Waals surface area contributed by atoms with E-state index in [-0.39, 0.29) is 43.8 Å². The Labute approximate surface area is 246 Å². The quantitative estimate of drug-likeness (QED) is 0.246. The molecule has 2 amide bonds. The largest absolute Gasteiger partial charge is 0.489 e. The van der Waals surface area contributed by atoms with Crippen molar-refractivity contribution in [3.8, 4) is 5.75 Å². The third-order valence-corrected chi connectivity index (χ3v) is 7.07. The molecule has 220 valence electrons. The van der Waals surface area contributed by atoms with Crippen LogP contribution < -0.4 is 15.4 Å². The third-order valence-electron chi connectivity index (χ3n) is 7.07. The van der Waals surface area contributed by atoms with Gasteiger partial charge in [-0.2, -0.15) is 0 Å². The van der Waals surface area contributed by atoms with E-state index < -0.39 is 18.0 Å². The van der Waals surface area contributed by atoms with Gasteiger partial charge >= 0.3 is 5.97 Å². The number of hydrogen-bond donors (Lipinski definition) is 3. The molecule has 42 heavy (non-hydrogen) atoms. The highest BCUT2D eigenvalue weighted by Gasteiger charge is 2.26. The number of carbonyl (C=O) groups excluding carboxylic acids is 3. The van der Waals surface area contributed by atoms with Crippen LogP contribution in [0.4, 0.5) is 0 Å². The van der Waals surface area contributed by atoms with E-state index in [1.807, 2.05) is 97.1 Å². The van der Waals surface area contributed by atoms with Crippen molar-refractivity contribution in [2.75, 3.05) is 13.2 Å². The molecule has 0 radical (unpaired) electrons. The van der Waals surface area contributed by atoms with Crippen molar-refractivity contribution in [1.29, 1.82) is 0 Å². The van der Waals surface area contributed by atoms with Crippen LogP contribution in [0.5, 0.6) is 5.75 Å². The number of cyclic esters (lactones) is 1. The lowest BCUT2D eigenvalue weighted by molar-refractivity contribution is -0.145. The summed E-state index contributed by atoms with van der Waals surface area (Å²) in [6, 6.07) is 25.7. The van der Waals surface area contributed by atoms with Gasteiger partial charge in [-0.1, -0.05) is 84.9 Å². The summed E-state index contributed by atoms with van der Waals surface area (Å²) in [5, 5.41) is 15.8. The molecule has 8 nitrogen and oxygen atoms in total. The Kier molecular flexibility index (Phi) is 11.7. The first-order valence-corrected chi connectivity index (χ1v) is 14.3. The zero-order chi connectivity index (χ0) is 29.6. The lowest BCUT2D eigenvalue weighted by Gasteiger charge is -2.24. The predicted octanol–water partition coefficient (Wildman–Crippen LogP) is 4.43. The number of allylic oxidation sites excluding steroid dienone is 2. The van der Waals surface area contributed by atoms with E-state index in [9.17, 15) is 19.5 Å². The minimum atomic E-state index is -0.622. The van der Waals surface area contributed by atoms with Crippen LogP contribution in [0.25, 0.3) is 0 Å². The zero-order valence-electron chi connectivity index (χ0n) is 23.6. The Bertz CT molecular complexity index is 1310. The van der Waals surface area contributed by atoms with Crippen molar-refractivity contribution in [2.45, 2.75) is 50.8 Å². The van der Waals surface area contributed by atoms with Crippen LogP contribution in [-0.2, 0) is 32.1 Å². The van der Waals surface area contributed by atoms with E-state index in [2.05, 4.69) is 10.6 Å². The van der Waals surface area contributed by atoms with Gasteiger partial charge in [0.15, 0.2) is 0 Å². The first-order valence-electron chi connectivity index (χ1n) is 14.3. The van der Waals surface area contributed by atoms with Gasteiger partial charge in [0.05, 0.1) is 24.6 Å². The molecule has 0 spiro atoms. The number of aliphatic hydroxyl groups is 1. The fraction of sp³-hybridized carbons (Fsp3) is 0.324. The summed E-state index contributed by atoms with van der Waals surface area (Å²) in [7, 11) is 0. The molecule has 4 rings (SSSR count). The summed E-state index contributed by atoms with van der Waals surface area (Å²) in [5.74, 6) is -0.830. The number of aliphatic hydroxyl groups excluding tert-OH is 1. The molecule has 1 aliphatic heterocycles. The molecule has 0 saturated carbocycles. The molecule has 0 fully saturated rings. The van der Waals surface area contributed by atoms with E-state index in [0.29, 0.717) is 25.9 Å². The molecular weight excluding hydrogens is 532 g/mol. The standard InChI is InChI=1S/C34H38N2O6/c37-22-29(20-25-16-18-30(19-17-25)41-23-26-10-4-1-5-11-26)35-32(38)21-28-14-8-3-9-15-33(39)42-24-31(36-34(28)40)27-12-6-2-7-13-27/h1-8,10-13,16-19,28-29,31,37H,9,14-15,20-24H2,(H,35,38)(H,36,40). The van der Waals surface area contributed by atoms with Gasteiger partial charge in [0.1, 0.15) is 19.0 Å². The van der Waals surface area contributed by atoms with E-state index in [0.717, 1.165) is 22.4 Å². The van der Waals surface area contributed by atoms with Crippen molar-refractivity contribution >= 4 is 17.8 Å². The number of rotatable bonds is 10. The molecule has 0 aliphatic carbocycles. The highest BCUT2D eigenvalue weighted by Crippen LogP contribution is 2.19. The Morgan fingerprint density at radius 1 is 0.952 bits per heavy atom. The number of carbonyl (C=O) groups is 3. The molecular formula is C34H38N2O6.